The quantitative estimate of drug-likeness (QED) is 0.862. The number of benzene rings is 1. The highest BCUT2D eigenvalue weighted by molar-refractivity contribution is 5.85. The van der Waals surface area contributed by atoms with E-state index in [1.54, 1.807) is 18.2 Å². The topological polar surface area (TPSA) is 41.6 Å². The Morgan fingerprint density at radius 1 is 1.48 bits per heavy atom. The minimum atomic E-state index is -0.620. The molecule has 4 nitrogen and oxygen atoms in total. The summed E-state index contributed by atoms with van der Waals surface area (Å²) < 4.78 is 19.3. The molecule has 1 saturated heterocycles. The van der Waals surface area contributed by atoms with Crippen LogP contribution in [0.2, 0.25) is 0 Å². The van der Waals surface area contributed by atoms with Crippen molar-refractivity contribution in [1.29, 1.82) is 0 Å². The molecule has 1 aliphatic rings. The Balaban J connectivity index is 0.00000264. The second-order valence-electron chi connectivity index (χ2n) is 5.80. The number of amides is 1. The lowest BCUT2D eigenvalue weighted by atomic mass is 9.97. The summed E-state index contributed by atoms with van der Waals surface area (Å²) in [5.74, 6) is 0.159. The number of hydrogen-bond acceptors (Lipinski definition) is 3. The van der Waals surface area contributed by atoms with E-state index in [4.69, 9.17) is 4.74 Å². The second-order valence-corrected chi connectivity index (χ2v) is 5.80. The van der Waals surface area contributed by atoms with Crippen LogP contribution in [0.15, 0.2) is 24.3 Å². The summed E-state index contributed by atoms with van der Waals surface area (Å²) >= 11 is 0. The van der Waals surface area contributed by atoms with Crippen molar-refractivity contribution in [3.8, 4) is 5.75 Å². The minimum Gasteiger partial charge on any atom is -0.478 e. The van der Waals surface area contributed by atoms with Gasteiger partial charge in [-0.05, 0) is 50.9 Å². The number of nitrogens with one attached hydrogen (secondary N) is 1. The van der Waals surface area contributed by atoms with Crippen molar-refractivity contribution in [3.05, 3.63) is 30.1 Å². The van der Waals surface area contributed by atoms with Gasteiger partial charge in [0.1, 0.15) is 0 Å². The Labute approximate surface area is 143 Å². The van der Waals surface area contributed by atoms with Crippen molar-refractivity contribution in [2.75, 3.05) is 26.7 Å². The van der Waals surface area contributed by atoms with Gasteiger partial charge in [0.05, 0.1) is 0 Å². The van der Waals surface area contributed by atoms with E-state index in [2.05, 4.69) is 5.32 Å². The molecule has 0 bridgehead atoms. The summed E-state index contributed by atoms with van der Waals surface area (Å²) in [5, 5.41) is 3.17. The molecule has 6 heteroatoms. The molecule has 0 aliphatic carbocycles. The normalized spacial score (nSPS) is 18.9. The van der Waals surface area contributed by atoms with E-state index < -0.39 is 11.9 Å². The molecule has 1 aliphatic heterocycles. The Kier molecular flexibility index (Phi) is 8.34. The fourth-order valence-electron chi connectivity index (χ4n) is 2.93. The van der Waals surface area contributed by atoms with Gasteiger partial charge >= 0.3 is 0 Å². The second kappa shape index (κ2) is 9.73. The Hall–Kier alpha value is -1.33. The highest BCUT2D eigenvalue weighted by atomic mass is 35.5. The highest BCUT2D eigenvalue weighted by Crippen LogP contribution is 2.21. The lowest BCUT2D eigenvalue weighted by molar-refractivity contribution is -0.140. The highest BCUT2D eigenvalue weighted by Gasteiger charge is 2.29. The zero-order valence-electron chi connectivity index (χ0n) is 13.8. The van der Waals surface area contributed by atoms with E-state index in [-0.39, 0.29) is 24.1 Å². The van der Waals surface area contributed by atoms with Crippen LogP contribution in [0.3, 0.4) is 0 Å². The number of halogens is 2. The van der Waals surface area contributed by atoms with Gasteiger partial charge in [0.2, 0.25) is 0 Å². The van der Waals surface area contributed by atoms with Crippen LogP contribution in [0.1, 0.15) is 26.2 Å². The molecule has 2 atom stereocenters. The first-order chi connectivity index (χ1) is 10.7. The summed E-state index contributed by atoms with van der Waals surface area (Å²) in [6.07, 6.45) is 2.05. The van der Waals surface area contributed by atoms with Gasteiger partial charge in [0.15, 0.2) is 17.7 Å². The third-order valence-electron chi connectivity index (χ3n) is 4.08. The van der Waals surface area contributed by atoms with Crippen LogP contribution in [-0.4, -0.2) is 43.6 Å². The van der Waals surface area contributed by atoms with Gasteiger partial charge in [0.25, 0.3) is 5.91 Å². The fraction of sp³-hybridized carbons (Fsp3) is 0.588. The van der Waals surface area contributed by atoms with Gasteiger partial charge in [-0.3, -0.25) is 4.79 Å². The fourth-order valence-corrected chi connectivity index (χ4v) is 2.93. The third kappa shape index (κ3) is 5.36. The molecule has 1 amide bonds. The number of likely N-dealkylation sites (tertiary alicyclic amines) is 1. The SMILES string of the molecule is CCC(Oc1ccccc1F)C(=O)N1CCCC(CNC)C1.Cl. The lowest BCUT2D eigenvalue weighted by Crippen LogP contribution is -2.48. The maximum Gasteiger partial charge on any atom is 0.263 e. The molecule has 2 rings (SSSR count). The molecule has 1 N–H and O–H groups in total. The Morgan fingerprint density at radius 3 is 2.87 bits per heavy atom. The summed E-state index contributed by atoms with van der Waals surface area (Å²) in [5.41, 5.74) is 0. The molecule has 1 heterocycles. The number of rotatable bonds is 6. The van der Waals surface area contributed by atoms with Crippen LogP contribution < -0.4 is 10.1 Å². The maximum absolute atomic E-state index is 13.7. The van der Waals surface area contributed by atoms with E-state index in [0.29, 0.717) is 12.3 Å². The van der Waals surface area contributed by atoms with Crippen molar-refractivity contribution in [2.24, 2.45) is 5.92 Å². The van der Waals surface area contributed by atoms with Gasteiger partial charge in [-0.2, -0.15) is 0 Å². The number of carbonyl (C=O) groups is 1. The van der Waals surface area contributed by atoms with Crippen LogP contribution in [0.25, 0.3) is 0 Å². The van der Waals surface area contributed by atoms with Gasteiger partial charge in [-0.25, -0.2) is 4.39 Å². The van der Waals surface area contributed by atoms with E-state index in [1.807, 2.05) is 18.9 Å². The third-order valence-corrected chi connectivity index (χ3v) is 4.08. The molecular weight excluding hydrogens is 319 g/mol. The van der Waals surface area contributed by atoms with Crippen molar-refractivity contribution >= 4 is 18.3 Å². The summed E-state index contributed by atoms with van der Waals surface area (Å²) in [6.45, 7) is 4.31. The van der Waals surface area contributed by atoms with Gasteiger partial charge < -0.3 is 15.0 Å². The standard InChI is InChI=1S/C17H25FN2O2.ClH/c1-3-15(22-16-9-5-4-8-14(16)18)17(21)20-10-6-7-13(12-20)11-19-2;/h4-5,8-9,13,15,19H,3,6-7,10-12H2,1-2H3;1H. The number of ether oxygens (including phenoxy) is 1. The summed E-state index contributed by atoms with van der Waals surface area (Å²) in [7, 11) is 1.93. The summed E-state index contributed by atoms with van der Waals surface area (Å²) in [6, 6.07) is 6.22. The minimum absolute atomic E-state index is 0. The maximum atomic E-state index is 13.7. The molecule has 0 aromatic heterocycles. The molecule has 2 unspecified atom stereocenters. The van der Waals surface area contributed by atoms with Crippen molar-refractivity contribution in [1.82, 2.24) is 10.2 Å². The van der Waals surface area contributed by atoms with Gasteiger partial charge in [-0.1, -0.05) is 19.1 Å². The molecular formula is C17H26ClFN2O2. The van der Waals surface area contributed by atoms with Gasteiger partial charge in [-0.15, -0.1) is 12.4 Å². The monoisotopic (exact) mass is 344 g/mol. The van der Waals surface area contributed by atoms with Crippen LogP contribution in [0, 0.1) is 11.7 Å². The zero-order valence-corrected chi connectivity index (χ0v) is 14.6. The number of hydrogen-bond donors (Lipinski definition) is 1. The first-order valence-corrected chi connectivity index (χ1v) is 8.00. The van der Waals surface area contributed by atoms with E-state index in [9.17, 15) is 9.18 Å². The predicted molar refractivity (Wildman–Crippen MR) is 91.6 cm³/mol. The smallest absolute Gasteiger partial charge is 0.263 e. The zero-order chi connectivity index (χ0) is 15.9. The molecule has 0 spiro atoms. The number of carbonyl (C=O) groups excluding carboxylic acids is 1. The Morgan fingerprint density at radius 2 is 2.22 bits per heavy atom. The first kappa shape index (κ1) is 19.7. The number of para-hydroxylation sites is 1. The molecule has 23 heavy (non-hydrogen) atoms. The molecule has 1 fully saturated rings. The predicted octanol–water partition coefficient (Wildman–Crippen LogP) is 2.86. The number of piperidine rings is 1. The number of nitrogens with zero attached hydrogens (tertiary/aromatic N) is 1. The summed E-state index contributed by atoms with van der Waals surface area (Å²) in [4.78, 5) is 14.5. The van der Waals surface area contributed by atoms with Crippen LogP contribution in [0.5, 0.6) is 5.75 Å². The molecule has 0 radical (unpaired) electrons. The van der Waals surface area contributed by atoms with Gasteiger partial charge in [0, 0.05) is 13.1 Å². The van der Waals surface area contributed by atoms with E-state index >= 15 is 0 Å². The van der Waals surface area contributed by atoms with Crippen LogP contribution in [-0.2, 0) is 4.79 Å². The van der Waals surface area contributed by atoms with Crippen LogP contribution in [0.4, 0.5) is 4.39 Å². The average Bonchev–Trinajstić information content (AvgIpc) is 2.54. The molecule has 1 aromatic carbocycles. The van der Waals surface area contributed by atoms with E-state index in [1.165, 1.54) is 6.07 Å². The Bertz CT molecular complexity index is 499. The largest absolute Gasteiger partial charge is 0.478 e. The van der Waals surface area contributed by atoms with Crippen molar-refractivity contribution < 1.29 is 13.9 Å². The van der Waals surface area contributed by atoms with Crippen molar-refractivity contribution in [3.63, 3.8) is 0 Å². The molecule has 0 saturated carbocycles. The lowest BCUT2D eigenvalue weighted by Gasteiger charge is -2.34. The molecule has 1 aromatic rings. The van der Waals surface area contributed by atoms with Crippen LogP contribution >= 0.6 is 12.4 Å². The average molecular weight is 345 g/mol. The van der Waals surface area contributed by atoms with Crippen molar-refractivity contribution in [2.45, 2.75) is 32.3 Å². The molecule has 130 valence electrons. The first-order valence-electron chi connectivity index (χ1n) is 8.00. The van der Waals surface area contributed by atoms with E-state index in [0.717, 1.165) is 32.5 Å².